The predicted octanol–water partition coefficient (Wildman–Crippen LogP) is 2.04. The van der Waals surface area contributed by atoms with Crippen LogP contribution in [0.15, 0.2) is 52.2 Å². The molecule has 0 aliphatic heterocycles. The minimum atomic E-state index is -3.59. The number of hydrogen-bond acceptors (Lipinski definition) is 4. The molecule has 5 nitrogen and oxygen atoms in total. The van der Waals surface area contributed by atoms with Gasteiger partial charge in [0.2, 0.25) is 0 Å². The van der Waals surface area contributed by atoms with Gasteiger partial charge in [-0.3, -0.25) is 9.71 Å². The maximum Gasteiger partial charge on any atom is 0.263 e. The highest BCUT2D eigenvalue weighted by atomic mass is 79.9. The highest BCUT2D eigenvalue weighted by molar-refractivity contribution is 9.10. The van der Waals surface area contributed by atoms with E-state index in [4.69, 9.17) is 0 Å². The molecule has 0 saturated heterocycles. The normalized spacial score (nSPS) is 11.1. The molecule has 88 valence electrons. The van der Waals surface area contributed by atoms with E-state index in [0.29, 0.717) is 0 Å². The number of rotatable bonds is 3. The number of sulfonamides is 1. The summed E-state index contributed by atoms with van der Waals surface area (Å²) in [7, 11) is -3.59. The molecule has 0 amide bonds. The van der Waals surface area contributed by atoms with Gasteiger partial charge >= 0.3 is 0 Å². The summed E-state index contributed by atoms with van der Waals surface area (Å²) in [5.74, 6) is 0.269. The Labute approximate surface area is 107 Å². The molecule has 0 radical (unpaired) electrons. The van der Waals surface area contributed by atoms with E-state index in [1.54, 1.807) is 12.1 Å². The van der Waals surface area contributed by atoms with Crippen LogP contribution in [0.1, 0.15) is 0 Å². The van der Waals surface area contributed by atoms with Crippen LogP contribution in [0.2, 0.25) is 0 Å². The van der Waals surface area contributed by atoms with Gasteiger partial charge in [0.25, 0.3) is 10.0 Å². The van der Waals surface area contributed by atoms with Crippen molar-refractivity contribution in [2.45, 2.75) is 4.90 Å². The molecule has 17 heavy (non-hydrogen) atoms. The maximum atomic E-state index is 11.9. The Kier molecular flexibility index (Phi) is 3.39. The van der Waals surface area contributed by atoms with Crippen molar-refractivity contribution in [3.05, 3.63) is 47.3 Å². The van der Waals surface area contributed by atoms with Gasteiger partial charge in [0, 0.05) is 23.1 Å². The number of pyridine rings is 2. The minimum absolute atomic E-state index is 0.150. The van der Waals surface area contributed by atoms with Crippen molar-refractivity contribution < 1.29 is 8.42 Å². The van der Waals surface area contributed by atoms with Crippen LogP contribution in [-0.4, -0.2) is 18.4 Å². The average Bonchev–Trinajstić information content (AvgIpc) is 2.33. The molecule has 0 fully saturated rings. The SMILES string of the molecule is O=S(=O)(Nc1ccc(Br)cn1)c1ccncc1. The van der Waals surface area contributed by atoms with E-state index < -0.39 is 10.0 Å². The van der Waals surface area contributed by atoms with E-state index in [9.17, 15) is 8.42 Å². The molecule has 7 heteroatoms. The highest BCUT2D eigenvalue weighted by Gasteiger charge is 2.13. The van der Waals surface area contributed by atoms with Crippen LogP contribution in [0, 0.1) is 0 Å². The lowest BCUT2D eigenvalue weighted by molar-refractivity contribution is 0.601. The molecule has 0 aliphatic rings. The third-order valence-corrected chi connectivity index (χ3v) is 3.77. The fourth-order valence-corrected chi connectivity index (χ4v) is 2.38. The van der Waals surface area contributed by atoms with Gasteiger partial charge in [0.15, 0.2) is 0 Å². The molecule has 2 heterocycles. The number of halogens is 1. The third kappa shape index (κ3) is 3.01. The van der Waals surface area contributed by atoms with Crippen LogP contribution >= 0.6 is 15.9 Å². The van der Waals surface area contributed by atoms with E-state index in [-0.39, 0.29) is 10.7 Å². The molecule has 2 aromatic heterocycles. The largest absolute Gasteiger partial charge is 0.265 e. The Morgan fingerprint density at radius 3 is 2.41 bits per heavy atom. The lowest BCUT2D eigenvalue weighted by Crippen LogP contribution is -2.13. The van der Waals surface area contributed by atoms with Crippen LogP contribution in [0.4, 0.5) is 5.82 Å². The number of anilines is 1. The van der Waals surface area contributed by atoms with Gasteiger partial charge < -0.3 is 0 Å². The van der Waals surface area contributed by atoms with E-state index in [1.165, 1.54) is 30.7 Å². The van der Waals surface area contributed by atoms with E-state index in [1.807, 2.05) is 0 Å². The first-order valence-electron chi connectivity index (χ1n) is 4.62. The molecule has 0 aliphatic carbocycles. The average molecular weight is 314 g/mol. The van der Waals surface area contributed by atoms with Crippen LogP contribution in [0.3, 0.4) is 0 Å². The first-order chi connectivity index (χ1) is 8.08. The smallest absolute Gasteiger partial charge is 0.263 e. The van der Waals surface area contributed by atoms with Crippen molar-refractivity contribution in [3.63, 3.8) is 0 Å². The van der Waals surface area contributed by atoms with Gasteiger partial charge in [-0.15, -0.1) is 0 Å². The summed E-state index contributed by atoms with van der Waals surface area (Å²) >= 11 is 3.22. The fourth-order valence-electron chi connectivity index (χ4n) is 1.15. The molecular formula is C10H8BrN3O2S. The highest BCUT2D eigenvalue weighted by Crippen LogP contribution is 2.15. The third-order valence-electron chi connectivity index (χ3n) is 1.93. The second kappa shape index (κ2) is 4.80. The van der Waals surface area contributed by atoms with Gasteiger partial charge in [-0.2, -0.15) is 0 Å². The number of aromatic nitrogens is 2. The number of nitrogens with zero attached hydrogens (tertiary/aromatic N) is 2. The minimum Gasteiger partial charge on any atom is -0.265 e. The first kappa shape index (κ1) is 12.0. The molecule has 0 saturated carbocycles. The van der Waals surface area contributed by atoms with Gasteiger partial charge in [-0.25, -0.2) is 13.4 Å². The molecular weight excluding hydrogens is 306 g/mol. The summed E-state index contributed by atoms with van der Waals surface area (Å²) in [5.41, 5.74) is 0. The van der Waals surface area contributed by atoms with E-state index in [2.05, 4.69) is 30.6 Å². The maximum absolute atomic E-state index is 11.9. The summed E-state index contributed by atoms with van der Waals surface area (Å²) in [4.78, 5) is 7.85. The molecule has 1 N–H and O–H groups in total. The van der Waals surface area contributed by atoms with Crippen molar-refractivity contribution in [2.75, 3.05) is 4.72 Å². The van der Waals surface area contributed by atoms with Crippen LogP contribution in [0.25, 0.3) is 0 Å². The lowest BCUT2D eigenvalue weighted by atomic mass is 10.5. The van der Waals surface area contributed by atoms with E-state index in [0.717, 1.165) is 4.47 Å². The summed E-state index contributed by atoms with van der Waals surface area (Å²) in [6.45, 7) is 0. The zero-order chi connectivity index (χ0) is 12.3. The monoisotopic (exact) mass is 313 g/mol. The lowest BCUT2D eigenvalue weighted by Gasteiger charge is -2.06. The zero-order valence-corrected chi connectivity index (χ0v) is 10.9. The van der Waals surface area contributed by atoms with Gasteiger partial charge in [0.05, 0.1) is 4.90 Å². The summed E-state index contributed by atoms with van der Waals surface area (Å²) < 4.78 is 26.9. The quantitative estimate of drug-likeness (QED) is 0.941. The van der Waals surface area contributed by atoms with Crippen LogP contribution < -0.4 is 4.72 Å². The topological polar surface area (TPSA) is 72.0 Å². The van der Waals surface area contributed by atoms with Crippen molar-refractivity contribution in [2.24, 2.45) is 0 Å². The molecule has 0 spiro atoms. The Hall–Kier alpha value is -1.47. The summed E-state index contributed by atoms with van der Waals surface area (Å²) in [6.07, 6.45) is 4.36. The Balaban J connectivity index is 2.27. The van der Waals surface area contributed by atoms with Crippen LogP contribution in [-0.2, 0) is 10.0 Å². The molecule has 0 bridgehead atoms. The summed E-state index contributed by atoms with van der Waals surface area (Å²) in [6, 6.07) is 6.11. The Bertz CT molecular complexity index is 599. The Morgan fingerprint density at radius 1 is 1.12 bits per heavy atom. The molecule has 0 unspecified atom stereocenters. The second-order valence-corrected chi connectivity index (χ2v) is 5.75. The molecule has 2 rings (SSSR count). The molecule has 0 atom stereocenters. The Morgan fingerprint density at radius 2 is 1.82 bits per heavy atom. The first-order valence-corrected chi connectivity index (χ1v) is 6.90. The van der Waals surface area contributed by atoms with Crippen molar-refractivity contribution in [1.82, 2.24) is 9.97 Å². The molecule has 2 aromatic rings. The summed E-state index contributed by atoms with van der Waals surface area (Å²) in [5, 5.41) is 0. The van der Waals surface area contributed by atoms with Crippen molar-refractivity contribution in [1.29, 1.82) is 0 Å². The van der Waals surface area contributed by atoms with E-state index >= 15 is 0 Å². The fraction of sp³-hybridized carbons (Fsp3) is 0. The van der Waals surface area contributed by atoms with Crippen LogP contribution in [0.5, 0.6) is 0 Å². The molecule has 0 aromatic carbocycles. The number of nitrogens with one attached hydrogen (secondary N) is 1. The van der Waals surface area contributed by atoms with Gasteiger partial charge in [0.1, 0.15) is 5.82 Å². The number of hydrogen-bond donors (Lipinski definition) is 1. The zero-order valence-electron chi connectivity index (χ0n) is 8.54. The second-order valence-electron chi connectivity index (χ2n) is 3.15. The van der Waals surface area contributed by atoms with Gasteiger partial charge in [-0.1, -0.05) is 0 Å². The van der Waals surface area contributed by atoms with Gasteiger partial charge in [-0.05, 0) is 40.2 Å². The standard InChI is InChI=1S/C10H8BrN3O2S/c11-8-1-2-10(13-7-8)14-17(15,16)9-3-5-12-6-4-9/h1-7H,(H,13,14). The predicted molar refractivity (Wildman–Crippen MR) is 67.0 cm³/mol. The van der Waals surface area contributed by atoms with Crippen molar-refractivity contribution in [3.8, 4) is 0 Å². The van der Waals surface area contributed by atoms with Crippen molar-refractivity contribution >= 4 is 31.8 Å².